The lowest BCUT2D eigenvalue weighted by molar-refractivity contribution is -0.137. The van der Waals surface area contributed by atoms with Crippen molar-refractivity contribution in [2.24, 2.45) is 4.99 Å². The summed E-state index contributed by atoms with van der Waals surface area (Å²) < 4.78 is 23.0. The molecule has 0 aromatic carbocycles. The van der Waals surface area contributed by atoms with Crippen LogP contribution in [-0.4, -0.2) is 65.3 Å². The predicted molar refractivity (Wildman–Crippen MR) is 75.5 cm³/mol. The van der Waals surface area contributed by atoms with E-state index in [0.717, 1.165) is 0 Å². The predicted octanol–water partition coefficient (Wildman–Crippen LogP) is -0.0319. The van der Waals surface area contributed by atoms with Crippen LogP contribution in [0, 0.1) is 0 Å². The molecular formula is C11H16N2O5S2. The standard InChI is InChI=1S/C11H16N2O5S2/c1-13-7-5-20(17,18)6-8(7)19-11(13)12-9(14)3-2-4-10(15)16/h7-8H,2-6H2,1H3,(H,15,16)/t7-,8-/m0/s1. The van der Waals surface area contributed by atoms with Crippen molar-refractivity contribution < 1.29 is 23.1 Å². The zero-order valence-electron chi connectivity index (χ0n) is 11.0. The number of amides is 1. The topological polar surface area (TPSA) is 104 Å². The Kier molecular flexibility index (Phi) is 4.38. The quantitative estimate of drug-likeness (QED) is 0.775. The van der Waals surface area contributed by atoms with Crippen molar-refractivity contribution in [3.8, 4) is 0 Å². The Morgan fingerprint density at radius 1 is 1.40 bits per heavy atom. The van der Waals surface area contributed by atoms with Crippen LogP contribution < -0.4 is 0 Å². The van der Waals surface area contributed by atoms with Gasteiger partial charge >= 0.3 is 5.97 Å². The molecule has 20 heavy (non-hydrogen) atoms. The minimum absolute atomic E-state index is 0.0525. The maximum absolute atomic E-state index is 11.6. The smallest absolute Gasteiger partial charge is 0.303 e. The van der Waals surface area contributed by atoms with Gasteiger partial charge in [0.25, 0.3) is 0 Å². The third kappa shape index (κ3) is 3.51. The minimum atomic E-state index is -2.98. The van der Waals surface area contributed by atoms with Gasteiger partial charge in [0.05, 0.1) is 17.5 Å². The molecule has 0 spiro atoms. The van der Waals surface area contributed by atoms with Crippen molar-refractivity contribution in [2.45, 2.75) is 30.6 Å². The van der Waals surface area contributed by atoms with Crippen LogP contribution in [0.5, 0.6) is 0 Å². The first-order chi connectivity index (χ1) is 9.28. The summed E-state index contributed by atoms with van der Waals surface area (Å²) in [4.78, 5) is 27.7. The normalized spacial score (nSPS) is 29.6. The van der Waals surface area contributed by atoms with E-state index < -0.39 is 15.8 Å². The number of sulfone groups is 1. The summed E-state index contributed by atoms with van der Waals surface area (Å²) >= 11 is 1.32. The summed E-state index contributed by atoms with van der Waals surface area (Å²) in [5.74, 6) is -1.06. The number of aliphatic imine (C=N–C) groups is 1. The Hall–Kier alpha value is -1.09. The van der Waals surface area contributed by atoms with E-state index in [-0.39, 0.29) is 48.0 Å². The molecule has 9 heteroatoms. The largest absolute Gasteiger partial charge is 0.481 e. The van der Waals surface area contributed by atoms with Gasteiger partial charge in [0.2, 0.25) is 5.91 Å². The molecule has 2 aliphatic rings. The molecule has 0 aliphatic carbocycles. The molecule has 0 radical (unpaired) electrons. The fourth-order valence-electron chi connectivity index (χ4n) is 2.29. The third-order valence-electron chi connectivity index (χ3n) is 3.33. The molecule has 2 atom stereocenters. The maximum atomic E-state index is 11.6. The van der Waals surface area contributed by atoms with Crippen LogP contribution in [0.4, 0.5) is 0 Å². The fraction of sp³-hybridized carbons (Fsp3) is 0.727. The average Bonchev–Trinajstić information content (AvgIpc) is 2.74. The van der Waals surface area contributed by atoms with Crippen LogP contribution in [0.2, 0.25) is 0 Å². The van der Waals surface area contributed by atoms with Crippen molar-refractivity contribution in [1.82, 2.24) is 4.90 Å². The first kappa shape index (κ1) is 15.3. The molecular weight excluding hydrogens is 304 g/mol. The fourth-order valence-corrected chi connectivity index (χ4v) is 6.30. The number of carboxylic acid groups (broad SMARTS) is 1. The number of carboxylic acids is 1. The number of amidine groups is 1. The van der Waals surface area contributed by atoms with Crippen LogP contribution in [0.25, 0.3) is 0 Å². The molecule has 112 valence electrons. The molecule has 0 aromatic rings. The zero-order valence-corrected chi connectivity index (χ0v) is 12.6. The molecule has 0 unspecified atom stereocenters. The maximum Gasteiger partial charge on any atom is 0.303 e. The van der Waals surface area contributed by atoms with E-state index in [1.165, 1.54) is 11.8 Å². The summed E-state index contributed by atoms with van der Waals surface area (Å²) in [7, 11) is -1.24. The molecule has 7 nitrogen and oxygen atoms in total. The Bertz CT molecular complexity index is 557. The first-order valence-corrected chi connectivity index (χ1v) is 8.92. The second kappa shape index (κ2) is 5.72. The molecule has 2 aliphatic heterocycles. The van der Waals surface area contributed by atoms with Crippen LogP contribution in [0.1, 0.15) is 19.3 Å². The molecule has 0 saturated carbocycles. The van der Waals surface area contributed by atoms with E-state index in [4.69, 9.17) is 5.11 Å². The van der Waals surface area contributed by atoms with Gasteiger partial charge in [0.1, 0.15) is 0 Å². The van der Waals surface area contributed by atoms with Crippen LogP contribution >= 0.6 is 11.8 Å². The van der Waals surface area contributed by atoms with Gasteiger partial charge in [-0.1, -0.05) is 11.8 Å². The summed E-state index contributed by atoms with van der Waals surface area (Å²) in [6.45, 7) is 0. The highest BCUT2D eigenvalue weighted by Crippen LogP contribution is 2.36. The van der Waals surface area contributed by atoms with Gasteiger partial charge in [-0.3, -0.25) is 9.59 Å². The SMILES string of the molecule is CN1C(=NC(=O)CCCC(=O)O)S[C@H]2CS(=O)(=O)C[C@@H]21. The van der Waals surface area contributed by atoms with Crippen molar-refractivity contribution in [3.63, 3.8) is 0 Å². The summed E-state index contributed by atoms with van der Waals surface area (Å²) in [6, 6.07) is -0.115. The number of hydrogen-bond donors (Lipinski definition) is 1. The number of nitrogens with zero attached hydrogens (tertiary/aromatic N) is 2. The van der Waals surface area contributed by atoms with E-state index in [1.807, 2.05) is 0 Å². The lowest BCUT2D eigenvalue weighted by Crippen LogP contribution is -2.34. The van der Waals surface area contributed by atoms with Crippen molar-refractivity contribution in [3.05, 3.63) is 0 Å². The van der Waals surface area contributed by atoms with E-state index in [1.54, 1.807) is 11.9 Å². The zero-order chi connectivity index (χ0) is 14.9. The molecule has 0 aromatic heterocycles. The van der Waals surface area contributed by atoms with Gasteiger partial charge in [-0.05, 0) is 6.42 Å². The molecule has 2 rings (SSSR count). The first-order valence-electron chi connectivity index (χ1n) is 6.22. The summed E-state index contributed by atoms with van der Waals surface area (Å²) in [5, 5.41) is 8.97. The molecule has 0 bridgehead atoms. The van der Waals surface area contributed by atoms with E-state index >= 15 is 0 Å². The summed E-state index contributed by atoms with van der Waals surface area (Å²) in [6.07, 6.45) is 0.307. The van der Waals surface area contributed by atoms with Gasteiger partial charge in [0.15, 0.2) is 15.0 Å². The Labute approximate surface area is 121 Å². The molecule has 2 heterocycles. The van der Waals surface area contributed by atoms with Crippen LogP contribution in [-0.2, 0) is 19.4 Å². The van der Waals surface area contributed by atoms with Crippen LogP contribution in [0.3, 0.4) is 0 Å². The van der Waals surface area contributed by atoms with E-state index in [9.17, 15) is 18.0 Å². The van der Waals surface area contributed by atoms with Gasteiger partial charge in [-0.2, -0.15) is 4.99 Å². The monoisotopic (exact) mass is 320 g/mol. The Morgan fingerprint density at radius 3 is 2.70 bits per heavy atom. The highest BCUT2D eigenvalue weighted by Gasteiger charge is 2.47. The number of thioether (sulfide) groups is 1. The van der Waals surface area contributed by atoms with Crippen molar-refractivity contribution in [2.75, 3.05) is 18.6 Å². The number of carbonyl (C=O) groups is 2. The highest BCUT2D eigenvalue weighted by atomic mass is 32.2. The molecule has 1 amide bonds. The second-order valence-electron chi connectivity index (χ2n) is 4.95. The third-order valence-corrected chi connectivity index (χ3v) is 6.63. The van der Waals surface area contributed by atoms with Gasteiger partial charge in [-0.15, -0.1) is 0 Å². The van der Waals surface area contributed by atoms with Gasteiger partial charge in [0, 0.05) is 25.1 Å². The number of aliphatic carboxylic acids is 1. The average molecular weight is 320 g/mol. The van der Waals surface area contributed by atoms with E-state index in [0.29, 0.717) is 5.17 Å². The lowest BCUT2D eigenvalue weighted by atomic mass is 10.2. The number of rotatable bonds is 4. The second-order valence-corrected chi connectivity index (χ2v) is 8.31. The Morgan fingerprint density at radius 2 is 2.10 bits per heavy atom. The van der Waals surface area contributed by atoms with Crippen molar-refractivity contribution in [1.29, 1.82) is 0 Å². The highest BCUT2D eigenvalue weighted by molar-refractivity contribution is 8.15. The van der Waals surface area contributed by atoms with Crippen molar-refractivity contribution >= 4 is 38.6 Å². The number of carbonyl (C=O) groups excluding carboxylic acids is 1. The van der Waals surface area contributed by atoms with Gasteiger partial charge in [-0.25, -0.2) is 8.42 Å². The molecule has 1 N–H and O–H groups in total. The minimum Gasteiger partial charge on any atom is -0.481 e. The summed E-state index contributed by atoms with van der Waals surface area (Å²) in [5.41, 5.74) is 0. The number of hydrogen-bond acceptors (Lipinski definition) is 5. The number of fused-ring (bicyclic) bond motifs is 1. The molecule has 2 fully saturated rings. The van der Waals surface area contributed by atoms with Crippen LogP contribution in [0.15, 0.2) is 4.99 Å². The Balaban J connectivity index is 1.93. The lowest BCUT2D eigenvalue weighted by Gasteiger charge is -2.17. The van der Waals surface area contributed by atoms with E-state index in [2.05, 4.69) is 4.99 Å². The molecule has 2 saturated heterocycles. The van der Waals surface area contributed by atoms with Gasteiger partial charge < -0.3 is 10.0 Å².